The first kappa shape index (κ1) is 9.29. The minimum atomic E-state index is -0.494. The van der Waals surface area contributed by atoms with Crippen LogP contribution in [0.1, 0.15) is 0 Å². The smallest absolute Gasteiger partial charge is 0.293 e. The molecule has 2 aromatic rings. The molecule has 14 heavy (non-hydrogen) atoms. The van der Waals surface area contributed by atoms with Crippen LogP contribution in [-0.2, 0) is 0 Å². The molecular weight excluding hydrogens is 220 g/mol. The van der Waals surface area contributed by atoms with Crippen LogP contribution in [0.4, 0.5) is 11.4 Å². The van der Waals surface area contributed by atoms with Gasteiger partial charge >= 0.3 is 0 Å². The van der Waals surface area contributed by atoms with Crippen molar-refractivity contribution in [3.05, 3.63) is 27.6 Å². The molecule has 0 atom stereocenters. The third-order valence-corrected chi connectivity index (χ3v) is 3.39. The summed E-state index contributed by atoms with van der Waals surface area (Å²) < 4.78 is 0.886. The zero-order valence-electron chi connectivity index (χ0n) is 6.93. The van der Waals surface area contributed by atoms with E-state index >= 15 is 0 Å². The van der Waals surface area contributed by atoms with E-state index < -0.39 is 4.92 Å². The van der Waals surface area contributed by atoms with Crippen LogP contribution in [0.2, 0.25) is 0 Å². The molecule has 2 N–H and O–H groups in total. The molecule has 72 valence electrons. The molecule has 0 spiro atoms. The van der Waals surface area contributed by atoms with Gasteiger partial charge in [0.05, 0.1) is 9.62 Å². The second-order valence-corrected chi connectivity index (χ2v) is 4.15. The Kier molecular flexibility index (Phi) is 2.09. The maximum atomic E-state index is 10.6. The van der Waals surface area contributed by atoms with Gasteiger partial charge in [-0.15, -0.1) is 24.0 Å². The molecule has 0 amide bonds. The van der Waals surface area contributed by atoms with Crippen molar-refractivity contribution in [2.45, 2.75) is 4.90 Å². The van der Waals surface area contributed by atoms with Gasteiger partial charge in [0, 0.05) is 16.3 Å². The maximum absolute atomic E-state index is 10.6. The Hall–Kier alpha value is -1.27. The van der Waals surface area contributed by atoms with Crippen molar-refractivity contribution < 1.29 is 4.92 Å². The number of thiol groups is 1. The number of hydrogen-bond donors (Lipinski definition) is 2. The van der Waals surface area contributed by atoms with Crippen LogP contribution in [-0.4, -0.2) is 4.92 Å². The molecule has 0 saturated heterocycles. The number of nitrogens with two attached hydrogens (primary N) is 1. The Labute approximate surface area is 88.9 Å². The molecule has 0 radical (unpaired) electrons. The molecule has 4 nitrogen and oxygen atoms in total. The summed E-state index contributed by atoms with van der Waals surface area (Å²) in [5, 5.41) is 13.2. The zero-order chi connectivity index (χ0) is 10.3. The number of anilines is 1. The fourth-order valence-corrected chi connectivity index (χ4v) is 2.51. The second kappa shape index (κ2) is 3.14. The molecule has 0 aliphatic heterocycles. The van der Waals surface area contributed by atoms with Gasteiger partial charge in [0.25, 0.3) is 5.69 Å². The Balaban J connectivity index is 2.88. The summed E-state index contributed by atoms with van der Waals surface area (Å²) in [7, 11) is 0. The van der Waals surface area contributed by atoms with E-state index in [2.05, 4.69) is 12.6 Å². The van der Waals surface area contributed by atoms with Crippen LogP contribution in [0.5, 0.6) is 0 Å². The first-order valence-electron chi connectivity index (χ1n) is 3.74. The highest BCUT2D eigenvalue weighted by molar-refractivity contribution is 7.80. The Morgan fingerprint density at radius 1 is 1.57 bits per heavy atom. The van der Waals surface area contributed by atoms with Gasteiger partial charge in [-0.25, -0.2) is 0 Å². The van der Waals surface area contributed by atoms with Gasteiger partial charge in [0.1, 0.15) is 5.69 Å². The predicted octanol–water partition coefficient (Wildman–Crippen LogP) is 2.68. The summed E-state index contributed by atoms with van der Waals surface area (Å²) in [5.41, 5.74) is 5.79. The lowest BCUT2D eigenvalue weighted by atomic mass is 10.2. The summed E-state index contributed by atoms with van der Waals surface area (Å²) in [6.45, 7) is 0. The molecule has 1 aromatic heterocycles. The van der Waals surface area contributed by atoms with Gasteiger partial charge in [-0.2, -0.15) is 0 Å². The van der Waals surface area contributed by atoms with Gasteiger partial charge in [-0.05, 0) is 11.4 Å². The van der Waals surface area contributed by atoms with Crippen LogP contribution in [0.3, 0.4) is 0 Å². The standard InChI is InChI=1S/C8H6N2O2S2/c9-7-4-1-2-14-8(4)6(13)3-5(7)10(11)12/h1-3,13H,9H2. The number of thiophene rings is 1. The maximum Gasteiger partial charge on any atom is 0.293 e. The zero-order valence-corrected chi connectivity index (χ0v) is 8.64. The number of nitrogen functional groups attached to an aromatic ring is 1. The number of nitro benzene ring substituents is 1. The molecule has 0 fully saturated rings. The highest BCUT2D eigenvalue weighted by Crippen LogP contribution is 2.37. The van der Waals surface area contributed by atoms with E-state index in [1.54, 1.807) is 6.07 Å². The summed E-state index contributed by atoms with van der Waals surface area (Å²) in [5.74, 6) is 0. The highest BCUT2D eigenvalue weighted by atomic mass is 32.1. The van der Waals surface area contributed by atoms with E-state index in [-0.39, 0.29) is 11.4 Å². The SMILES string of the molecule is Nc1c([N+](=O)[O-])cc(S)c2sccc12. The Morgan fingerprint density at radius 2 is 2.29 bits per heavy atom. The molecule has 0 saturated carbocycles. The topological polar surface area (TPSA) is 69.2 Å². The molecule has 0 aliphatic rings. The Bertz CT molecular complexity index is 521. The molecule has 0 unspecified atom stereocenters. The average Bonchev–Trinajstić information content (AvgIpc) is 2.59. The van der Waals surface area contributed by atoms with Crippen molar-refractivity contribution in [3.8, 4) is 0 Å². The first-order valence-corrected chi connectivity index (χ1v) is 5.07. The number of hydrogen-bond acceptors (Lipinski definition) is 5. The van der Waals surface area contributed by atoms with Crippen molar-refractivity contribution in [2.24, 2.45) is 0 Å². The van der Waals surface area contributed by atoms with E-state index in [4.69, 9.17) is 5.73 Å². The van der Waals surface area contributed by atoms with E-state index in [1.807, 2.05) is 5.38 Å². The second-order valence-electron chi connectivity index (χ2n) is 2.75. The summed E-state index contributed by atoms with van der Waals surface area (Å²) >= 11 is 5.65. The number of nitrogens with zero attached hydrogens (tertiary/aromatic N) is 1. The molecule has 1 heterocycles. The molecule has 2 rings (SSSR count). The summed E-state index contributed by atoms with van der Waals surface area (Å²) in [4.78, 5) is 10.7. The predicted molar refractivity (Wildman–Crippen MR) is 60.1 cm³/mol. The molecular formula is C8H6N2O2S2. The molecule has 6 heteroatoms. The van der Waals surface area contributed by atoms with Crippen molar-refractivity contribution in [2.75, 3.05) is 5.73 Å². The average molecular weight is 226 g/mol. The monoisotopic (exact) mass is 226 g/mol. The van der Waals surface area contributed by atoms with Crippen molar-refractivity contribution >= 4 is 45.4 Å². The van der Waals surface area contributed by atoms with Gasteiger partial charge in [-0.3, -0.25) is 10.1 Å². The highest BCUT2D eigenvalue weighted by Gasteiger charge is 2.16. The normalized spacial score (nSPS) is 10.6. The third-order valence-electron chi connectivity index (χ3n) is 1.93. The van der Waals surface area contributed by atoms with Crippen molar-refractivity contribution in [1.29, 1.82) is 0 Å². The first-order chi connectivity index (χ1) is 6.61. The number of nitro groups is 1. The van der Waals surface area contributed by atoms with E-state index in [0.29, 0.717) is 10.3 Å². The molecule has 1 aromatic carbocycles. The van der Waals surface area contributed by atoms with Gasteiger partial charge < -0.3 is 5.73 Å². The minimum Gasteiger partial charge on any atom is -0.393 e. The summed E-state index contributed by atoms with van der Waals surface area (Å²) in [6, 6.07) is 3.15. The van der Waals surface area contributed by atoms with Gasteiger partial charge in [0.2, 0.25) is 0 Å². The minimum absolute atomic E-state index is 0.0825. The van der Waals surface area contributed by atoms with E-state index in [1.165, 1.54) is 17.4 Å². The Morgan fingerprint density at radius 3 is 2.93 bits per heavy atom. The molecule has 0 bridgehead atoms. The van der Waals surface area contributed by atoms with Crippen LogP contribution >= 0.6 is 24.0 Å². The van der Waals surface area contributed by atoms with Crippen LogP contribution in [0.25, 0.3) is 10.1 Å². The largest absolute Gasteiger partial charge is 0.393 e. The number of fused-ring (bicyclic) bond motifs is 1. The van der Waals surface area contributed by atoms with Crippen LogP contribution < -0.4 is 5.73 Å². The fourth-order valence-electron chi connectivity index (χ4n) is 1.28. The van der Waals surface area contributed by atoms with E-state index in [0.717, 1.165) is 4.70 Å². The van der Waals surface area contributed by atoms with Crippen LogP contribution in [0.15, 0.2) is 22.4 Å². The van der Waals surface area contributed by atoms with Gasteiger partial charge in [0.15, 0.2) is 0 Å². The lowest BCUT2D eigenvalue weighted by molar-refractivity contribution is -0.384. The van der Waals surface area contributed by atoms with Crippen molar-refractivity contribution in [1.82, 2.24) is 0 Å². The van der Waals surface area contributed by atoms with Crippen molar-refractivity contribution in [3.63, 3.8) is 0 Å². The lowest BCUT2D eigenvalue weighted by Gasteiger charge is -2.00. The van der Waals surface area contributed by atoms with E-state index in [9.17, 15) is 10.1 Å². The fraction of sp³-hybridized carbons (Fsp3) is 0. The van der Waals surface area contributed by atoms with Gasteiger partial charge in [-0.1, -0.05) is 0 Å². The quantitative estimate of drug-likeness (QED) is 0.340. The molecule has 0 aliphatic carbocycles. The van der Waals surface area contributed by atoms with Crippen LogP contribution in [0, 0.1) is 10.1 Å². The number of rotatable bonds is 1. The number of benzene rings is 1. The lowest BCUT2D eigenvalue weighted by Crippen LogP contribution is -1.95. The summed E-state index contributed by atoms with van der Waals surface area (Å²) in [6.07, 6.45) is 0. The third kappa shape index (κ3) is 1.23.